The Kier molecular flexibility index (Phi) is 7.23. The normalized spacial score (nSPS) is 11.2. The largest absolute Gasteiger partial charge is 0.493 e. The minimum atomic E-state index is -0.333. The predicted molar refractivity (Wildman–Crippen MR) is 139 cm³/mol. The number of fused-ring (bicyclic) bond motifs is 1. The molecule has 1 N–H and O–H groups in total. The van der Waals surface area contributed by atoms with Crippen molar-refractivity contribution in [3.63, 3.8) is 0 Å². The number of methoxy groups -OCH3 is 1. The topological polar surface area (TPSA) is 72.8 Å². The summed E-state index contributed by atoms with van der Waals surface area (Å²) in [7, 11) is 1.58. The van der Waals surface area contributed by atoms with Gasteiger partial charge in [-0.15, -0.1) is 0 Å². The lowest BCUT2D eigenvalue weighted by molar-refractivity contribution is 0.0956. The van der Waals surface area contributed by atoms with Gasteiger partial charge in [-0.2, -0.15) is 5.10 Å². The van der Waals surface area contributed by atoms with Gasteiger partial charge >= 0.3 is 0 Å². The molecule has 0 aliphatic carbocycles. The number of carbonyl (C=O) groups excluding carboxylic acids is 1. The summed E-state index contributed by atoms with van der Waals surface area (Å²) >= 11 is 3.48. The molecule has 0 aliphatic rings. The first-order valence-corrected chi connectivity index (χ1v) is 11.6. The van der Waals surface area contributed by atoms with E-state index in [0.717, 1.165) is 26.6 Å². The van der Waals surface area contributed by atoms with Crippen LogP contribution in [-0.4, -0.2) is 30.3 Å². The zero-order valence-corrected chi connectivity index (χ0v) is 20.7. The van der Waals surface area contributed by atoms with Gasteiger partial charge in [-0.3, -0.25) is 4.79 Å². The lowest BCUT2D eigenvalue weighted by Crippen LogP contribution is -2.18. The molecular weight excluding hydrogens is 494 g/mol. The smallest absolute Gasteiger partial charge is 0.272 e. The number of pyridine rings is 1. The van der Waals surface area contributed by atoms with Crippen molar-refractivity contribution in [3.8, 4) is 22.8 Å². The minimum Gasteiger partial charge on any atom is -0.493 e. The van der Waals surface area contributed by atoms with Crippen molar-refractivity contribution < 1.29 is 14.3 Å². The number of rotatable bonds is 7. The van der Waals surface area contributed by atoms with Crippen molar-refractivity contribution in [1.29, 1.82) is 0 Å². The second-order valence-electron chi connectivity index (χ2n) is 7.83. The van der Waals surface area contributed by atoms with Crippen LogP contribution in [0.15, 0.2) is 82.4 Å². The Hall–Kier alpha value is -3.71. The fourth-order valence-corrected chi connectivity index (χ4v) is 3.99. The molecule has 6 nitrogen and oxygen atoms in total. The number of para-hydroxylation sites is 1. The summed E-state index contributed by atoms with van der Waals surface area (Å²) in [4.78, 5) is 17.9. The van der Waals surface area contributed by atoms with Gasteiger partial charge < -0.3 is 9.47 Å². The summed E-state index contributed by atoms with van der Waals surface area (Å²) in [5, 5.41) is 4.96. The molecule has 0 saturated carbocycles. The van der Waals surface area contributed by atoms with E-state index < -0.39 is 0 Å². The maximum atomic E-state index is 13.2. The molecule has 1 amide bonds. The quantitative estimate of drug-likeness (QED) is 0.233. The fraction of sp³-hybridized carbons (Fsp3) is 0.148. The third-order valence-corrected chi connectivity index (χ3v) is 5.48. The van der Waals surface area contributed by atoms with Crippen LogP contribution in [0, 0.1) is 0 Å². The Morgan fingerprint density at radius 3 is 2.53 bits per heavy atom. The van der Waals surface area contributed by atoms with E-state index in [-0.39, 0.29) is 12.0 Å². The van der Waals surface area contributed by atoms with Crippen molar-refractivity contribution >= 4 is 39.0 Å². The van der Waals surface area contributed by atoms with Gasteiger partial charge in [0.05, 0.1) is 36.2 Å². The number of hydrogen-bond donors (Lipinski definition) is 1. The van der Waals surface area contributed by atoms with E-state index in [2.05, 4.69) is 26.5 Å². The van der Waals surface area contributed by atoms with Crippen LogP contribution < -0.4 is 14.9 Å². The standard InChI is InChI=1S/C27H24BrN3O3/c1-17(2)34-26-19(13-20(28)14-25(26)33-3)16-29-31-27(32)22-15-24(18-9-5-4-6-10-18)30-23-12-8-7-11-21(22)23/h4-17H,1-3H3,(H,31,32)/b29-16-. The number of hydrazone groups is 1. The average Bonchev–Trinajstić information content (AvgIpc) is 2.84. The molecule has 0 fully saturated rings. The zero-order valence-electron chi connectivity index (χ0n) is 19.1. The summed E-state index contributed by atoms with van der Waals surface area (Å²) in [6.07, 6.45) is 1.49. The Morgan fingerprint density at radius 2 is 1.79 bits per heavy atom. The van der Waals surface area contributed by atoms with Gasteiger partial charge in [0, 0.05) is 21.0 Å². The number of benzene rings is 3. The Bertz CT molecular complexity index is 1350. The van der Waals surface area contributed by atoms with E-state index in [1.54, 1.807) is 19.4 Å². The van der Waals surface area contributed by atoms with Crippen molar-refractivity contribution in [2.24, 2.45) is 5.10 Å². The molecule has 0 saturated heterocycles. The zero-order chi connectivity index (χ0) is 24.1. The number of halogens is 1. The van der Waals surface area contributed by atoms with E-state index in [1.807, 2.05) is 80.6 Å². The van der Waals surface area contributed by atoms with E-state index in [9.17, 15) is 4.79 Å². The number of amides is 1. The molecule has 0 unspecified atom stereocenters. The first-order valence-electron chi connectivity index (χ1n) is 10.8. The third kappa shape index (κ3) is 5.26. The van der Waals surface area contributed by atoms with Crippen LogP contribution in [0.2, 0.25) is 0 Å². The lowest BCUT2D eigenvalue weighted by Gasteiger charge is -2.16. The van der Waals surface area contributed by atoms with Crippen LogP contribution in [-0.2, 0) is 0 Å². The second-order valence-corrected chi connectivity index (χ2v) is 8.75. The second kappa shape index (κ2) is 10.5. The molecule has 172 valence electrons. The number of ether oxygens (including phenoxy) is 2. The molecule has 4 aromatic rings. The predicted octanol–water partition coefficient (Wildman–Crippen LogP) is 6.22. The van der Waals surface area contributed by atoms with Crippen LogP contribution in [0.3, 0.4) is 0 Å². The molecule has 0 atom stereocenters. The van der Waals surface area contributed by atoms with Gasteiger partial charge in [-0.25, -0.2) is 10.4 Å². The SMILES string of the molecule is COc1cc(Br)cc(/C=N\NC(=O)c2cc(-c3ccccc3)nc3ccccc23)c1OC(C)C. The van der Waals surface area contributed by atoms with Crippen molar-refractivity contribution in [2.45, 2.75) is 20.0 Å². The monoisotopic (exact) mass is 517 g/mol. The molecule has 4 rings (SSSR count). The van der Waals surface area contributed by atoms with Gasteiger partial charge in [-0.05, 0) is 38.1 Å². The first-order chi connectivity index (χ1) is 16.5. The maximum Gasteiger partial charge on any atom is 0.272 e. The summed E-state index contributed by atoms with van der Waals surface area (Å²) < 4.78 is 12.2. The summed E-state index contributed by atoms with van der Waals surface area (Å²) in [6, 6.07) is 22.8. The summed E-state index contributed by atoms with van der Waals surface area (Å²) in [6.45, 7) is 3.87. The van der Waals surface area contributed by atoms with Gasteiger partial charge in [-0.1, -0.05) is 64.5 Å². The highest BCUT2D eigenvalue weighted by Crippen LogP contribution is 2.34. The first kappa shape index (κ1) is 23.4. The molecular formula is C27H24BrN3O3. The molecule has 7 heteroatoms. The maximum absolute atomic E-state index is 13.2. The number of carbonyl (C=O) groups is 1. The molecule has 0 aliphatic heterocycles. The minimum absolute atomic E-state index is 0.0589. The van der Waals surface area contributed by atoms with E-state index in [1.165, 1.54) is 0 Å². The molecule has 0 spiro atoms. The van der Waals surface area contributed by atoms with Gasteiger partial charge in [0.15, 0.2) is 11.5 Å². The van der Waals surface area contributed by atoms with Gasteiger partial charge in [0.2, 0.25) is 0 Å². The summed E-state index contributed by atoms with van der Waals surface area (Å²) in [5.41, 5.74) is 6.20. The molecule has 0 radical (unpaired) electrons. The lowest BCUT2D eigenvalue weighted by atomic mass is 10.0. The highest BCUT2D eigenvalue weighted by atomic mass is 79.9. The Labute approximate surface area is 206 Å². The van der Waals surface area contributed by atoms with E-state index in [4.69, 9.17) is 14.5 Å². The van der Waals surface area contributed by atoms with Crippen LogP contribution in [0.4, 0.5) is 0 Å². The van der Waals surface area contributed by atoms with E-state index >= 15 is 0 Å². The number of hydrogen-bond acceptors (Lipinski definition) is 5. The van der Waals surface area contributed by atoms with Crippen molar-refractivity contribution in [2.75, 3.05) is 7.11 Å². The highest BCUT2D eigenvalue weighted by molar-refractivity contribution is 9.10. The average molecular weight is 518 g/mol. The summed E-state index contributed by atoms with van der Waals surface area (Å²) in [5.74, 6) is 0.795. The molecule has 0 bridgehead atoms. The number of nitrogens with one attached hydrogen (secondary N) is 1. The number of nitrogens with zero attached hydrogens (tertiary/aromatic N) is 2. The van der Waals surface area contributed by atoms with Crippen LogP contribution in [0.1, 0.15) is 29.8 Å². The van der Waals surface area contributed by atoms with Crippen LogP contribution >= 0.6 is 15.9 Å². The number of aromatic nitrogens is 1. The molecule has 3 aromatic carbocycles. The van der Waals surface area contributed by atoms with E-state index in [0.29, 0.717) is 22.6 Å². The van der Waals surface area contributed by atoms with Crippen molar-refractivity contribution in [3.05, 3.63) is 88.4 Å². The Balaban J connectivity index is 1.67. The van der Waals surface area contributed by atoms with Crippen LogP contribution in [0.5, 0.6) is 11.5 Å². The highest BCUT2D eigenvalue weighted by Gasteiger charge is 2.15. The van der Waals surface area contributed by atoms with Crippen molar-refractivity contribution in [1.82, 2.24) is 10.4 Å². The Morgan fingerprint density at radius 1 is 1.06 bits per heavy atom. The van der Waals surface area contributed by atoms with Gasteiger partial charge in [0.25, 0.3) is 5.91 Å². The molecule has 34 heavy (non-hydrogen) atoms. The fourth-order valence-electron chi connectivity index (χ4n) is 3.54. The third-order valence-electron chi connectivity index (χ3n) is 5.02. The van der Waals surface area contributed by atoms with Crippen LogP contribution in [0.25, 0.3) is 22.2 Å². The van der Waals surface area contributed by atoms with Gasteiger partial charge in [0.1, 0.15) is 0 Å². The molecule has 1 aromatic heterocycles. The molecule has 1 heterocycles.